The molecule has 2 aromatic carbocycles. The van der Waals surface area contributed by atoms with Gasteiger partial charge < -0.3 is 16.0 Å². The third-order valence-electron chi connectivity index (χ3n) is 5.21. The van der Waals surface area contributed by atoms with Crippen molar-refractivity contribution in [3.63, 3.8) is 0 Å². The molecular weight excluding hydrogens is 441 g/mol. The van der Waals surface area contributed by atoms with Gasteiger partial charge in [0.25, 0.3) is 0 Å². The van der Waals surface area contributed by atoms with Gasteiger partial charge in [0.15, 0.2) is 0 Å². The topological polar surface area (TPSA) is 76.2 Å². The standard InChI is InChI=1S/C21H25N5OS.2ClH/c1-3-25(4-2)11-12-26-16-10-9-15(23-18(27)13-22)21-19(16)20(24-26)14-7-5-6-8-17(14)28-21;;/h5-10H,3-4,11-13,22H2,1-2H3,(H,23,27);2*1H. The van der Waals surface area contributed by atoms with Crippen molar-refractivity contribution >= 4 is 59.1 Å². The van der Waals surface area contributed by atoms with Crippen molar-refractivity contribution in [2.45, 2.75) is 30.2 Å². The molecule has 0 aliphatic carbocycles. The van der Waals surface area contributed by atoms with Gasteiger partial charge in [0, 0.05) is 27.3 Å². The number of benzene rings is 2. The summed E-state index contributed by atoms with van der Waals surface area (Å²) in [5.74, 6) is -0.189. The van der Waals surface area contributed by atoms with Gasteiger partial charge in [0.05, 0.1) is 24.3 Å². The number of anilines is 1. The Morgan fingerprint density at radius 2 is 1.90 bits per heavy atom. The van der Waals surface area contributed by atoms with Gasteiger partial charge in [0.1, 0.15) is 5.69 Å². The highest BCUT2D eigenvalue weighted by atomic mass is 35.5. The van der Waals surface area contributed by atoms with E-state index in [0.717, 1.165) is 63.8 Å². The molecule has 6 nitrogen and oxygen atoms in total. The predicted octanol–water partition coefficient (Wildman–Crippen LogP) is 4.25. The second-order valence-electron chi connectivity index (χ2n) is 6.79. The smallest absolute Gasteiger partial charge is 0.238 e. The molecule has 0 bridgehead atoms. The number of nitrogens with one attached hydrogen (secondary N) is 1. The molecule has 3 N–H and O–H groups in total. The normalized spacial score (nSPS) is 11.6. The summed E-state index contributed by atoms with van der Waals surface area (Å²) in [6.07, 6.45) is 0. The highest BCUT2D eigenvalue weighted by Crippen LogP contribution is 2.50. The Morgan fingerprint density at radius 1 is 1.17 bits per heavy atom. The van der Waals surface area contributed by atoms with E-state index < -0.39 is 0 Å². The van der Waals surface area contributed by atoms with Crippen molar-refractivity contribution < 1.29 is 4.79 Å². The summed E-state index contributed by atoms with van der Waals surface area (Å²) in [5, 5.41) is 9.03. The maximum atomic E-state index is 11.9. The molecule has 0 radical (unpaired) electrons. The Hall–Kier alpha value is -1.77. The van der Waals surface area contributed by atoms with Crippen LogP contribution in [0.2, 0.25) is 0 Å². The van der Waals surface area contributed by atoms with Crippen LogP contribution in [0.1, 0.15) is 13.8 Å². The van der Waals surface area contributed by atoms with Crippen LogP contribution in [0.5, 0.6) is 0 Å². The molecule has 0 fully saturated rings. The molecule has 1 aromatic heterocycles. The lowest BCUT2D eigenvalue weighted by Gasteiger charge is -2.18. The number of carbonyl (C=O) groups excluding carboxylic acids is 1. The maximum absolute atomic E-state index is 11.9. The molecule has 0 unspecified atom stereocenters. The van der Waals surface area contributed by atoms with Crippen LogP contribution < -0.4 is 11.1 Å². The summed E-state index contributed by atoms with van der Waals surface area (Å²) < 4.78 is 2.10. The Kier molecular flexibility index (Phi) is 8.58. The number of likely N-dealkylation sites (N-methyl/N-ethyl adjacent to an activating group) is 1. The summed E-state index contributed by atoms with van der Waals surface area (Å²) in [7, 11) is 0. The van der Waals surface area contributed by atoms with E-state index in [2.05, 4.69) is 46.9 Å². The summed E-state index contributed by atoms with van der Waals surface area (Å²) in [5.41, 5.74) is 9.54. The molecule has 3 aromatic rings. The van der Waals surface area contributed by atoms with Crippen LogP contribution in [0.3, 0.4) is 0 Å². The molecule has 30 heavy (non-hydrogen) atoms. The van der Waals surface area contributed by atoms with Crippen molar-refractivity contribution in [3.8, 4) is 11.3 Å². The Morgan fingerprint density at radius 3 is 2.60 bits per heavy atom. The van der Waals surface area contributed by atoms with E-state index in [9.17, 15) is 4.79 Å². The van der Waals surface area contributed by atoms with Crippen molar-refractivity contribution in [1.82, 2.24) is 14.7 Å². The first-order valence-electron chi connectivity index (χ1n) is 9.69. The number of rotatable bonds is 7. The van der Waals surface area contributed by atoms with Crippen molar-refractivity contribution in [2.75, 3.05) is 31.5 Å². The number of nitrogens with two attached hydrogens (primary N) is 1. The number of aromatic nitrogens is 2. The van der Waals surface area contributed by atoms with Gasteiger partial charge >= 0.3 is 0 Å². The van der Waals surface area contributed by atoms with Gasteiger partial charge in [-0.3, -0.25) is 9.48 Å². The number of hydrogen-bond acceptors (Lipinski definition) is 5. The third-order valence-corrected chi connectivity index (χ3v) is 6.41. The molecule has 0 saturated carbocycles. The second kappa shape index (κ2) is 10.5. The first kappa shape index (κ1) is 24.5. The molecule has 9 heteroatoms. The summed E-state index contributed by atoms with van der Waals surface area (Å²) in [4.78, 5) is 16.5. The van der Waals surface area contributed by atoms with Crippen LogP contribution in [-0.2, 0) is 11.3 Å². The quantitative estimate of drug-likeness (QED) is 0.424. The number of halogens is 2. The molecule has 0 saturated heterocycles. The van der Waals surface area contributed by atoms with Gasteiger partial charge in [-0.1, -0.05) is 43.8 Å². The predicted molar refractivity (Wildman–Crippen MR) is 129 cm³/mol. The second-order valence-corrected chi connectivity index (χ2v) is 7.84. The lowest BCUT2D eigenvalue weighted by molar-refractivity contribution is -0.114. The number of amides is 1. The minimum Gasteiger partial charge on any atom is -0.324 e. The third kappa shape index (κ3) is 4.45. The molecule has 162 valence electrons. The van der Waals surface area contributed by atoms with E-state index in [4.69, 9.17) is 10.8 Å². The van der Waals surface area contributed by atoms with Gasteiger partial charge in [0.2, 0.25) is 5.91 Å². The fraction of sp³-hybridized carbons (Fsp3) is 0.333. The van der Waals surface area contributed by atoms with Crippen LogP contribution in [0.25, 0.3) is 22.2 Å². The first-order chi connectivity index (χ1) is 13.7. The number of hydrogen-bond donors (Lipinski definition) is 2. The van der Waals surface area contributed by atoms with Gasteiger partial charge in [-0.15, -0.1) is 24.8 Å². The number of fused-ring (bicyclic) bond motifs is 2. The number of carbonyl (C=O) groups is 1. The molecule has 2 heterocycles. The molecule has 1 amide bonds. The Balaban J connectivity index is 0.00000160. The molecule has 1 aliphatic rings. The van der Waals surface area contributed by atoms with Crippen LogP contribution in [0.15, 0.2) is 46.2 Å². The zero-order chi connectivity index (χ0) is 19.7. The zero-order valence-electron chi connectivity index (χ0n) is 17.1. The molecule has 0 atom stereocenters. The van der Waals surface area contributed by atoms with Crippen LogP contribution >= 0.6 is 36.6 Å². The summed E-state index contributed by atoms with van der Waals surface area (Å²) >= 11 is 1.68. The van der Waals surface area contributed by atoms with Gasteiger partial charge in [-0.05, 0) is 31.3 Å². The molecule has 0 spiro atoms. The van der Waals surface area contributed by atoms with Crippen molar-refractivity contribution in [3.05, 3.63) is 36.4 Å². The van der Waals surface area contributed by atoms with E-state index in [1.165, 1.54) is 0 Å². The van der Waals surface area contributed by atoms with Gasteiger partial charge in [-0.25, -0.2) is 0 Å². The SMILES string of the molecule is CCN(CC)CCn1nc2c3c(c(NC(=O)CN)ccc31)Sc1ccccc1-2.Cl.Cl. The monoisotopic (exact) mass is 467 g/mol. The summed E-state index contributed by atoms with van der Waals surface area (Å²) in [6.45, 7) is 8.18. The van der Waals surface area contributed by atoms with Crippen LogP contribution in [0.4, 0.5) is 5.69 Å². The average Bonchev–Trinajstić information content (AvgIpc) is 3.10. The molecule has 1 aliphatic heterocycles. The zero-order valence-corrected chi connectivity index (χ0v) is 19.5. The lowest BCUT2D eigenvalue weighted by Crippen LogP contribution is -2.27. The van der Waals surface area contributed by atoms with Crippen LogP contribution in [-0.4, -0.2) is 46.8 Å². The lowest BCUT2D eigenvalue weighted by atomic mass is 10.1. The van der Waals surface area contributed by atoms with Gasteiger partial charge in [-0.2, -0.15) is 5.10 Å². The van der Waals surface area contributed by atoms with Crippen molar-refractivity contribution in [2.24, 2.45) is 5.73 Å². The number of nitrogens with zero attached hydrogens (tertiary/aromatic N) is 3. The Labute approximate surface area is 193 Å². The fourth-order valence-corrected chi connectivity index (χ4v) is 4.82. The Bertz CT molecular complexity index is 1040. The maximum Gasteiger partial charge on any atom is 0.238 e. The molecule has 4 rings (SSSR count). The minimum atomic E-state index is -0.189. The van der Waals surface area contributed by atoms with E-state index in [1.54, 1.807) is 11.8 Å². The average molecular weight is 468 g/mol. The van der Waals surface area contributed by atoms with Crippen LogP contribution in [0, 0.1) is 0 Å². The van der Waals surface area contributed by atoms with E-state index in [-0.39, 0.29) is 37.3 Å². The minimum absolute atomic E-state index is 0. The van der Waals surface area contributed by atoms with E-state index >= 15 is 0 Å². The first-order valence-corrected chi connectivity index (χ1v) is 10.5. The summed E-state index contributed by atoms with van der Waals surface area (Å²) in [6, 6.07) is 12.3. The van der Waals surface area contributed by atoms with E-state index in [0.29, 0.717) is 0 Å². The highest BCUT2D eigenvalue weighted by Gasteiger charge is 2.26. The molecular formula is C21H27Cl2N5OS. The van der Waals surface area contributed by atoms with Crippen molar-refractivity contribution in [1.29, 1.82) is 0 Å². The largest absolute Gasteiger partial charge is 0.324 e. The highest BCUT2D eigenvalue weighted by molar-refractivity contribution is 8.00. The fourth-order valence-electron chi connectivity index (χ4n) is 3.64. The van der Waals surface area contributed by atoms with E-state index in [1.807, 2.05) is 18.2 Å².